The van der Waals surface area contributed by atoms with E-state index in [0.29, 0.717) is 22.6 Å². The maximum atomic E-state index is 13.3. The van der Waals surface area contributed by atoms with Crippen LogP contribution in [0.2, 0.25) is 0 Å². The molecule has 1 aliphatic heterocycles. The Bertz CT molecular complexity index is 865. The Morgan fingerprint density at radius 2 is 1.69 bits per heavy atom. The van der Waals surface area contributed by atoms with Crippen LogP contribution in [0.1, 0.15) is 33.4 Å². The molecule has 1 aliphatic rings. The van der Waals surface area contributed by atoms with Crippen LogP contribution in [0, 0.1) is 5.82 Å². The summed E-state index contributed by atoms with van der Waals surface area (Å²) in [5, 5.41) is 9.88. The van der Waals surface area contributed by atoms with Crippen LogP contribution in [-0.4, -0.2) is 43.2 Å². The van der Waals surface area contributed by atoms with Crippen molar-refractivity contribution in [3.8, 4) is 11.5 Å². The largest absolute Gasteiger partial charge is 0.493 e. The van der Waals surface area contributed by atoms with Crippen LogP contribution in [0.15, 0.2) is 36.4 Å². The number of nitrogens with zero attached hydrogens (tertiary/aromatic N) is 1. The first-order valence-electron chi connectivity index (χ1n) is 7.90. The standard InChI is InChI=1S/C19H18FNO5/c1-21-17(10-4-6-11(20)7-5-10)16(19(23)24)12-8-14(25-2)15(26-3)9-13(12)18(21)22/h4-9,16-17H,1-3H3,(H,23,24)/t16-,17-/m0/s1. The molecule has 0 saturated carbocycles. The van der Waals surface area contributed by atoms with Crippen LogP contribution in [0.3, 0.4) is 0 Å². The topological polar surface area (TPSA) is 76.1 Å². The van der Waals surface area contributed by atoms with Gasteiger partial charge in [0.15, 0.2) is 11.5 Å². The van der Waals surface area contributed by atoms with Crippen LogP contribution >= 0.6 is 0 Å². The van der Waals surface area contributed by atoms with Gasteiger partial charge in [-0.1, -0.05) is 12.1 Å². The lowest BCUT2D eigenvalue weighted by molar-refractivity contribution is -0.140. The molecule has 2 aromatic carbocycles. The zero-order valence-corrected chi connectivity index (χ0v) is 14.5. The molecule has 0 fully saturated rings. The van der Waals surface area contributed by atoms with Gasteiger partial charge in [0.05, 0.1) is 20.3 Å². The highest BCUT2D eigenvalue weighted by Crippen LogP contribution is 2.45. The number of rotatable bonds is 4. The third-order valence-electron chi connectivity index (χ3n) is 4.65. The maximum Gasteiger partial charge on any atom is 0.313 e. The van der Waals surface area contributed by atoms with Gasteiger partial charge in [-0.05, 0) is 35.4 Å². The van der Waals surface area contributed by atoms with Crippen molar-refractivity contribution in [1.82, 2.24) is 4.90 Å². The van der Waals surface area contributed by atoms with Gasteiger partial charge in [-0.3, -0.25) is 9.59 Å². The van der Waals surface area contributed by atoms with Crippen molar-refractivity contribution >= 4 is 11.9 Å². The number of ether oxygens (including phenoxy) is 2. The molecule has 0 bridgehead atoms. The van der Waals surface area contributed by atoms with E-state index in [1.54, 1.807) is 0 Å². The first-order chi connectivity index (χ1) is 12.4. The van der Waals surface area contributed by atoms with Gasteiger partial charge in [-0.15, -0.1) is 0 Å². The van der Waals surface area contributed by atoms with Crippen molar-refractivity contribution in [2.24, 2.45) is 0 Å². The molecule has 2 atom stereocenters. The molecule has 1 N–H and O–H groups in total. The minimum Gasteiger partial charge on any atom is -0.493 e. The molecule has 26 heavy (non-hydrogen) atoms. The molecule has 0 radical (unpaired) electrons. The number of fused-ring (bicyclic) bond motifs is 1. The summed E-state index contributed by atoms with van der Waals surface area (Å²) in [5.74, 6) is -2.21. The van der Waals surface area contributed by atoms with E-state index in [4.69, 9.17) is 9.47 Å². The van der Waals surface area contributed by atoms with E-state index in [2.05, 4.69) is 0 Å². The monoisotopic (exact) mass is 359 g/mol. The molecule has 0 aromatic heterocycles. The van der Waals surface area contributed by atoms with E-state index in [1.807, 2.05) is 0 Å². The molecular weight excluding hydrogens is 341 g/mol. The van der Waals surface area contributed by atoms with Crippen molar-refractivity contribution in [2.75, 3.05) is 21.3 Å². The average Bonchev–Trinajstić information content (AvgIpc) is 2.64. The van der Waals surface area contributed by atoms with Crippen LogP contribution in [-0.2, 0) is 4.79 Å². The van der Waals surface area contributed by atoms with Gasteiger partial charge in [0.25, 0.3) is 5.91 Å². The van der Waals surface area contributed by atoms with Crippen molar-refractivity contribution < 1.29 is 28.6 Å². The second kappa shape index (κ2) is 6.67. The Kier molecular flexibility index (Phi) is 4.54. The van der Waals surface area contributed by atoms with E-state index in [0.717, 1.165) is 0 Å². The van der Waals surface area contributed by atoms with Crippen LogP contribution in [0.4, 0.5) is 4.39 Å². The number of hydrogen-bond acceptors (Lipinski definition) is 4. The number of halogens is 1. The Balaban J connectivity index is 2.23. The van der Waals surface area contributed by atoms with Crippen LogP contribution in [0.5, 0.6) is 11.5 Å². The van der Waals surface area contributed by atoms with E-state index in [-0.39, 0.29) is 11.5 Å². The third kappa shape index (κ3) is 2.75. The molecule has 7 heteroatoms. The third-order valence-corrected chi connectivity index (χ3v) is 4.65. The molecule has 2 aromatic rings. The molecule has 0 spiro atoms. The van der Waals surface area contributed by atoms with Crippen molar-refractivity contribution in [3.05, 3.63) is 58.9 Å². The van der Waals surface area contributed by atoms with E-state index in [9.17, 15) is 19.1 Å². The molecule has 6 nitrogen and oxygen atoms in total. The summed E-state index contributed by atoms with van der Waals surface area (Å²) in [6, 6.07) is 7.72. The van der Waals surface area contributed by atoms with Crippen molar-refractivity contribution in [3.63, 3.8) is 0 Å². The minimum absolute atomic E-state index is 0.246. The number of carboxylic acids is 1. The smallest absolute Gasteiger partial charge is 0.313 e. The first-order valence-corrected chi connectivity index (χ1v) is 7.90. The quantitative estimate of drug-likeness (QED) is 0.908. The number of methoxy groups -OCH3 is 2. The highest BCUT2D eigenvalue weighted by molar-refractivity contribution is 6.01. The molecule has 136 valence electrons. The number of carboxylic acid groups (broad SMARTS) is 1. The predicted molar refractivity (Wildman–Crippen MR) is 91.2 cm³/mol. The normalized spacial score (nSPS) is 19.1. The van der Waals surface area contributed by atoms with Crippen molar-refractivity contribution in [2.45, 2.75) is 12.0 Å². The number of carbonyl (C=O) groups excluding carboxylic acids is 1. The lowest BCUT2D eigenvalue weighted by Crippen LogP contribution is -2.42. The summed E-state index contributed by atoms with van der Waals surface area (Å²) >= 11 is 0. The average molecular weight is 359 g/mol. The molecule has 0 aliphatic carbocycles. The summed E-state index contributed by atoms with van der Waals surface area (Å²) in [5.41, 5.74) is 1.12. The maximum absolute atomic E-state index is 13.3. The second-order valence-electron chi connectivity index (χ2n) is 6.02. The lowest BCUT2D eigenvalue weighted by atomic mass is 9.80. The fourth-order valence-corrected chi connectivity index (χ4v) is 3.39. The van der Waals surface area contributed by atoms with Gasteiger partial charge in [-0.25, -0.2) is 4.39 Å². The number of hydrogen-bond donors (Lipinski definition) is 1. The molecule has 1 amide bonds. The lowest BCUT2D eigenvalue weighted by Gasteiger charge is -2.38. The predicted octanol–water partition coefficient (Wildman–Crippen LogP) is 2.84. The van der Waals surface area contributed by atoms with Crippen LogP contribution in [0.25, 0.3) is 0 Å². The summed E-state index contributed by atoms with van der Waals surface area (Å²) in [4.78, 5) is 26.3. The van der Waals surface area contributed by atoms with Crippen molar-refractivity contribution in [1.29, 1.82) is 0 Å². The number of amides is 1. The van der Waals surface area contributed by atoms with Gasteiger partial charge in [0.2, 0.25) is 0 Å². The van der Waals surface area contributed by atoms with E-state index < -0.39 is 23.7 Å². The molecular formula is C19H18FNO5. The van der Waals surface area contributed by atoms with Crippen LogP contribution < -0.4 is 9.47 Å². The minimum atomic E-state index is -1.09. The molecule has 1 heterocycles. The number of likely N-dealkylation sites (N-methyl/N-ethyl adjacent to an activating group) is 1. The summed E-state index contributed by atoms with van der Waals surface area (Å²) in [7, 11) is 4.41. The fraction of sp³-hybridized carbons (Fsp3) is 0.263. The van der Waals surface area contributed by atoms with Gasteiger partial charge in [-0.2, -0.15) is 0 Å². The van der Waals surface area contributed by atoms with E-state index in [1.165, 1.54) is 62.6 Å². The Morgan fingerprint density at radius 3 is 2.23 bits per heavy atom. The first kappa shape index (κ1) is 17.7. The fourth-order valence-electron chi connectivity index (χ4n) is 3.39. The zero-order chi connectivity index (χ0) is 19.0. The Labute approximate surface area is 149 Å². The molecule has 3 rings (SSSR count). The zero-order valence-electron chi connectivity index (χ0n) is 14.5. The Hall–Kier alpha value is -3.09. The highest BCUT2D eigenvalue weighted by Gasteiger charge is 2.43. The Morgan fingerprint density at radius 1 is 1.12 bits per heavy atom. The summed E-state index contributed by atoms with van der Waals surface area (Å²) in [6.45, 7) is 0. The number of aliphatic carboxylic acids is 1. The summed E-state index contributed by atoms with van der Waals surface area (Å²) in [6.07, 6.45) is 0. The molecule has 0 saturated heterocycles. The van der Waals surface area contributed by atoms with Gasteiger partial charge >= 0.3 is 5.97 Å². The second-order valence-corrected chi connectivity index (χ2v) is 6.02. The van der Waals surface area contributed by atoms with E-state index >= 15 is 0 Å². The van der Waals surface area contributed by atoms with Gasteiger partial charge < -0.3 is 19.5 Å². The number of benzene rings is 2. The molecule has 0 unspecified atom stereocenters. The highest BCUT2D eigenvalue weighted by atomic mass is 19.1. The summed E-state index contributed by atoms with van der Waals surface area (Å²) < 4.78 is 23.8. The van der Waals surface area contributed by atoms with Gasteiger partial charge in [0.1, 0.15) is 11.7 Å². The number of carbonyl (C=O) groups is 2. The SMILES string of the molecule is COc1cc2c(cc1OC)[C@H](C(=O)O)[C@H](c1ccc(F)cc1)N(C)C2=O. The van der Waals surface area contributed by atoms with Gasteiger partial charge in [0, 0.05) is 12.6 Å².